The standard InChI is InChI=1S/C24H26N4O2/c1-2-30-21-10-8-20(9-11-21)27-24(29)19-12-13-26-23(16-19)28-15-14-25-22(17-28)18-6-4-3-5-7-18/h3-13,16,22,25H,2,14-15,17H2,1H3,(H,27,29)/t22-/m0/s1. The summed E-state index contributed by atoms with van der Waals surface area (Å²) in [4.78, 5) is 19.5. The molecule has 0 aliphatic carbocycles. The van der Waals surface area contributed by atoms with Gasteiger partial charge in [-0.15, -0.1) is 0 Å². The summed E-state index contributed by atoms with van der Waals surface area (Å²) >= 11 is 0. The summed E-state index contributed by atoms with van der Waals surface area (Å²) in [6.07, 6.45) is 1.70. The highest BCUT2D eigenvalue weighted by Gasteiger charge is 2.22. The van der Waals surface area contributed by atoms with Crippen LogP contribution in [0.25, 0.3) is 0 Å². The number of amides is 1. The number of anilines is 2. The van der Waals surface area contributed by atoms with Crippen LogP contribution in [0.1, 0.15) is 28.9 Å². The van der Waals surface area contributed by atoms with E-state index in [1.807, 2.05) is 43.3 Å². The molecule has 1 atom stereocenters. The largest absolute Gasteiger partial charge is 0.494 e. The number of carbonyl (C=O) groups excluding carboxylic acids is 1. The van der Waals surface area contributed by atoms with Crippen molar-refractivity contribution in [1.82, 2.24) is 10.3 Å². The molecule has 1 aliphatic rings. The van der Waals surface area contributed by atoms with Crippen LogP contribution in [0, 0.1) is 0 Å². The van der Waals surface area contributed by atoms with Crippen molar-refractivity contribution >= 4 is 17.4 Å². The fourth-order valence-corrected chi connectivity index (χ4v) is 3.60. The van der Waals surface area contributed by atoms with Gasteiger partial charge >= 0.3 is 0 Å². The molecule has 2 heterocycles. The van der Waals surface area contributed by atoms with E-state index in [0.29, 0.717) is 12.2 Å². The number of ether oxygens (including phenoxy) is 1. The number of rotatable bonds is 6. The first-order chi connectivity index (χ1) is 14.7. The lowest BCUT2D eigenvalue weighted by Gasteiger charge is -2.34. The second-order valence-electron chi connectivity index (χ2n) is 7.18. The topological polar surface area (TPSA) is 66.5 Å². The fourth-order valence-electron chi connectivity index (χ4n) is 3.60. The molecular formula is C24H26N4O2. The lowest BCUT2D eigenvalue weighted by molar-refractivity contribution is 0.102. The van der Waals surface area contributed by atoms with Gasteiger partial charge in [0.05, 0.1) is 6.61 Å². The van der Waals surface area contributed by atoms with Crippen LogP contribution in [-0.2, 0) is 0 Å². The van der Waals surface area contributed by atoms with Crippen LogP contribution in [0.5, 0.6) is 5.75 Å². The van der Waals surface area contributed by atoms with Gasteiger partial charge in [-0.25, -0.2) is 4.98 Å². The third-order valence-electron chi connectivity index (χ3n) is 5.13. The first-order valence-corrected chi connectivity index (χ1v) is 10.3. The second kappa shape index (κ2) is 9.41. The zero-order chi connectivity index (χ0) is 20.8. The van der Waals surface area contributed by atoms with E-state index in [1.165, 1.54) is 5.56 Å². The smallest absolute Gasteiger partial charge is 0.255 e. The fraction of sp³-hybridized carbons (Fsp3) is 0.250. The SMILES string of the molecule is CCOc1ccc(NC(=O)c2ccnc(N3CCN[C@H](c4ccccc4)C3)c2)cc1. The number of piperazine rings is 1. The van der Waals surface area contributed by atoms with Crippen LogP contribution >= 0.6 is 0 Å². The minimum Gasteiger partial charge on any atom is -0.494 e. The van der Waals surface area contributed by atoms with Crippen molar-refractivity contribution in [3.8, 4) is 5.75 Å². The molecule has 1 fully saturated rings. The molecule has 2 N–H and O–H groups in total. The number of hydrogen-bond acceptors (Lipinski definition) is 5. The predicted molar refractivity (Wildman–Crippen MR) is 119 cm³/mol. The van der Waals surface area contributed by atoms with Crippen LogP contribution in [-0.4, -0.2) is 37.1 Å². The zero-order valence-electron chi connectivity index (χ0n) is 17.0. The molecule has 1 saturated heterocycles. The van der Waals surface area contributed by atoms with Crippen molar-refractivity contribution in [2.24, 2.45) is 0 Å². The van der Waals surface area contributed by atoms with Crippen LogP contribution in [0.3, 0.4) is 0 Å². The molecule has 4 rings (SSSR count). The second-order valence-corrected chi connectivity index (χ2v) is 7.18. The summed E-state index contributed by atoms with van der Waals surface area (Å²) < 4.78 is 5.44. The Kier molecular flexibility index (Phi) is 6.25. The van der Waals surface area contributed by atoms with E-state index < -0.39 is 0 Å². The van der Waals surface area contributed by atoms with Crippen molar-refractivity contribution < 1.29 is 9.53 Å². The average molecular weight is 402 g/mol. The number of benzene rings is 2. The third-order valence-corrected chi connectivity index (χ3v) is 5.13. The number of carbonyl (C=O) groups is 1. The Balaban J connectivity index is 1.44. The molecule has 1 aliphatic heterocycles. The summed E-state index contributed by atoms with van der Waals surface area (Å²) in [5, 5.41) is 6.50. The molecule has 1 aromatic heterocycles. The molecule has 0 saturated carbocycles. The predicted octanol–water partition coefficient (Wildman–Crippen LogP) is 3.88. The molecule has 3 aromatic rings. The van der Waals surface area contributed by atoms with E-state index in [0.717, 1.165) is 36.9 Å². The highest BCUT2D eigenvalue weighted by molar-refractivity contribution is 6.04. The van der Waals surface area contributed by atoms with Gasteiger partial charge in [0.1, 0.15) is 11.6 Å². The van der Waals surface area contributed by atoms with Gasteiger partial charge in [0.2, 0.25) is 0 Å². The van der Waals surface area contributed by atoms with Gasteiger partial charge in [0, 0.05) is 43.1 Å². The van der Waals surface area contributed by atoms with Gasteiger partial charge < -0.3 is 20.3 Å². The summed E-state index contributed by atoms with van der Waals surface area (Å²) in [7, 11) is 0. The van der Waals surface area contributed by atoms with E-state index in [2.05, 4.69) is 44.8 Å². The van der Waals surface area contributed by atoms with Gasteiger partial charge in [-0.1, -0.05) is 30.3 Å². The van der Waals surface area contributed by atoms with Crippen molar-refractivity contribution in [1.29, 1.82) is 0 Å². The zero-order valence-corrected chi connectivity index (χ0v) is 17.0. The Morgan fingerprint density at radius 1 is 1.17 bits per heavy atom. The number of pyridine rings is 1. The number of hydrogen-bond donors (Lipinski definition) is 2. The number of aromatic nitrogens is 1. The van der Waals surface area contributed by atoms with Crippen molar-refractivity contribution in [2.75, 3.05) is 36.5 Å². The maximum atomic E-state index is 12.7. The lowest BCUT2D eigenvalue weighted by atomic mass is 10.0. The van der Waals surface area contributed by atoms with Gasteiger partial charge in [-0.2, -0.15) is 0 Å². The minimum atomic E-state index is -0.155. The van der Waals surface area contributed by atoms with Gasteiger partial charge in [-0.3, -0.25) is 4.79 Å². The Hall–Kier alpha value is -3.38. The highest BCUT2D eigenvalue weighted by Crippen LogP contribution is 2.22. The van der Waals surface area contributed by atoms with Gasteiger partial charge in [0.15, 0.2) is 0 Å². The third kappa shape index (κ3) is 4.78. The molecule has 6 heteroatoms. The van der Waals surface area contributed by atoms with Crippen molar-refractivity contribution in [3.05, 3.63) is 84.1 Å². The van der Waals surface area contributed by atoms with E-state index in [4.69, 9.17) is 4.74 Å². The molecule has 154 valence electrons. The molecular weight excluding hydrogens is 376 g/mol. The Labute approximate surface area is 176 Å². The quantitative estimate of drug-likeness (QED) is 0.655. The summed E-state index contributed by atoms with van der Waals surface area (Å²) in [5.41, 5.74) is 2.57. The van der Waals surface area contributed by atoms with Crippen LogP contribution < -0.4 is 20.3 Å². The van der Waals surface area contributed by atoms with Gasteiger partial charge in [0.25, 0.3) is 5.91 Å². The maximum absolute atomic E-state index is 12.7. The Morgan fingerprint density at radius 3 is 2.73 bits per heavy atom. The maximum Gasteiger partial charge on any atom is 0.255 e. The number of nitrogens with one attached hydrogen (secondary N) is 2. The molecule has 6 nitrogen and oxygen atoms in total. The molecule has 1 amide bonds. The summed E-state index contributed by atoms with van der Waals surface area (Å²) in [6, 6.07) is 21.6. The monoisotopic (exact) mass is 402 g/mol. The average Bonchev–Trinajstić information content (AvgIpc) is 2.81. The van der Waals surface area contributed by atoms with E-state index in [-0.39, 0.29) is 11.9 Å². The van der Waals surface area contributed by atoms with Gasteiger partial charge in [-0.05, 0) is 48.9 Å². The van der Waals surface area contributed by atoms with Crippen LogP contribution in [0.4, 0.5) is 11.5 Å². The highest BCUT2D eigenvalue weighted by atomic mass is 16.5. The lowest BCUT2D eigenvalue weighted by Crippen LogP contribution is -2.46. The molecule has 0 radical (unpaired) electrons. The first-order valence-electron chi connectivity index (χ1n) is 10.3. The molecule has 30 heavy (non-hydrogen) atoms. The molecule has 0 bridgehead atoms. The minimum absolute atomic E-state index is 0.155. The summed E-state index contributed by atoms with van der Waals surface area (Å²) in [5.74, 6) is 1.45. The Morgan fingerprint density at radius 2 is 1.97 bits per heavy atom. The van der Waals surface area contributed by atoms with Crippen LogP contribution in [0.2, 0.25) is 0 Å². The van der Waals surface area contributed by atoms with Crippen molar-refractivity contribution in [3.63, 3.8) is 0 Å². The summed E-state index contributed by atoms with van der Waals surface area (Å²) in [6.45, 7) is 5.07. The van der Waals surface area contributed by atoms with E-state index in [9.17, 15) is 4.79 Å². The molecule has 2 aromatic carbocycles. The number of nitrogens with zero attached hydrogens (tertiary/aromatic N) is 2. The van der Waals surface area contributed by atoms with E-state index >= 15 is 0 Å². The van der Waals surface area contributed by atoms with Crippen LogP contribution in [0.15, 0.2) is 72.9 Å². The first kappa shape index (κ1) is 19.9. The van der Waals surface area contributed by atoms with Crippen molar-refractivity contribution in [2.45, 2.75) is 13.0 Å². The normalized spacial score (nSPS) is 16.2. The molecule has 0 spiro atoms. The van der Waals surface area contributed by atoms with E-state index in [1.54, 1.807) is 12.3 Å². The molecule has 0 unspecified atom stereocenters. The Bertz CT molecular complexity index is 976.